The lowest BCUT2D eigenvalue weighted by Gasteiger charge is -2.11. The molecule has 2 rings (SSSR count). The minimum atomic E-state index is -0.974. The largest absolute Gasteiger partial charge is 0.480 e. The Kier molecular flexibility index (Phi) is 5.67. The predicted molar refractivity (Wildman–Crippen MR) is 84.6 cm³/mol. The van der Waals surface area contributed by atoms with Crippen LogP contribution in [0.3, 0.4) is 0 Å². The number of aromatic carboxylic acids is 1. The second-order valence-electron chi connectivity index (χ2n) is 4.78. The highest BCUT2D eigenvalue weighted by atomic mass is 16.5. The van der Waals surface area contributed by atoms with Gasteiger partial charge in [0.15, 0.2) is 5.56 Å². The molecule has 0 aliphatic carbocycles. The van der Waals surface area contributed by atoms with Crippen LogP contribution in [0.2, 0.25) is 0 Å². The number of aromatic nitrogens is 2. The lowest BCUT2D eigenvalue weighted by atomic mass is 10.1. The number of carbonyl (C=O) groups is 2. The first-order valence-electron chi connectivity index (χ1n) is 7.10. The molecular weight excluding hydrogens is 314 g/mol. The molecule has 0 atom stereocenters. The van der Waals surface area contributed by atoms with Crippen molar-refractivity contribution in [3.05, 3.63) is 47.3 Å². The van der Waals surface area contributed by atoms with Crippen molar-refractivity contribution in [3.8, 4) is 11.8 Å². The molecular formula is C16H17N3O5. The quantitative estimate of drug-likeness (QED) is 0.783. The average molecular weight is 331 g/mol. The molecule has 0 unspecified atom stereocenters. The number of nitrogens with zero attached hydrogens (tertiary/aromatic N) is 2. The van der Waals surface area contributed by atoms with E-state index < -0.39 is 11.9 Å². The minimum Gasteiger partial charge on any atom is -0.480 e. The van der Waals surface area contributed by atoms with Crippen LogP contribution in [-0.4, -0.2) is 47.7 Å². The van der Waals surface area contributed by atoms with Crippen molar-refractivity contribution in [2.75, 3.05) is 20.8 Å². The van der Waals surface area contributed by atoms with Gasteiger partial charge in [-0.1, -0.05) is 12.1 Å². The molecule has 126 valence electrons. The third kappa shape index (κ3) is 3.97. The van der Waals surface area contributed by atoms with E-state index in [1.165, 1.54) is 32.7 Å². The SMILES string of the molecule is COc1ncnc(OC)c1C(=O)NCCc1ccc(C(=O)O)cc1. The van der Waals surface area contributed by atoms with E-state index in [-0.39, 0.29) is 22.9 Å². The summed E-state index contributed by atoms with van der Waals surface area (Å²) < 4.78 is 10.1. The molecule has 0 saturated heterocycles. The maximum absolute atomic E-state index is 12.3. The van der Waals surface area contributed by atoms with Crippen LogP contribution in [0.5, 0.6) is 11.8 Å². The molecule has 1 heterocycles. The van der Waals surface area contributed by atoms with Gasteiger partial charge in [0.2, 0.25) is 11.8 Å². The maximum Gasteiger partial charge on any atom is 0.335 e. The highest BCUT2D eigenvalue weighted by Crippen LogP contribution is 2.22. The van der Waals surface area contributed by atoms with Crippen LogP contribution in [0.25, 0.3) is 0 Å². The van der Waals surface area contributed by atoms with Crippen molar-refractivity contribution >= 4 is 11.9 Å². The van der Waals surface area contributed by atoms with Crippen molar-refractivity contribution in [1.29, 1.82) is 0 Å². The number of methoxy groups -OCH3 is 2. The molecule has 1 aromatic carbocycles. The first-order chi connectivity index (χ1) is 11.6. The van der Waals surface area contributed by atoms with Gasteiger partial charge in [-0.05, 0) is 24.1 Å². The fourth-order valence-corrected chi connectivity index (χ4v) is 2.08. The number of rotatable bonds is 7. The van der Waals surface area contributed by atoms with E-state index in [2.05, 4.69) is 15.3 Å². The Morgan fingerprint density at radius 3 is 2.17 bits per heavy atom. The molecule has 8 nitrogen and oxygen atoms in total. The van der Waals surface area contributed by atoms with Gasteiger partial charge < -0.3 is 19.9 Å². The molecule has 0 spiro atoms. The molecule has 2 N–H and O–H groups in total. The van der Waals surface area contributed by atoms with Crippen molar-refractivity contribution in [2.24, 2.45) is 0 Å². The fraction of sp³-hybridized carbons (Fsp3) is 0.250. The molecule has 8 heteroatoms. The van der Waals surface area contributed by atoms with Crippen LogP contribution in [0.15, 0.2) is 30.6 Å². The third-order valence-corrected chi connectivity index (χ3v) is 3.29. The number of carbonyl (C=O) groups excluding carboxylic acids is 1. The van der Waals surface area contributed by atoms with Crippen molar-refractivity contribution in [2.45, 2.75) is 6.42 Å². The summed E-state index contributed by atoms with van der Waals surface area (Å²) in [4.78, 5) is 30.9. The van der Waals surface area contributed by atoms with Gasteiger partial charge in [-0.2, -0.15) is 0 Å². The molecule has 24 heavy (non-hydrogen) atoms. The Balaban J connectivity index is 2.00. The van der Waals surface area contributed by atoms with Crippen molar-refractivity contribution in [1.82, 2.24) is 15.3 Å². The second kappa shape index (κ2) is 7.91. The van der Waals surface area contributed by atoms with Crippen LogP contribution >= 0.6 is 0 Å². The minimum absolute atomic E-state index is 0.128. The van der Waals surface area contributed by atoms with Crippen LogP contribution in [0.1, 0.15) is 26.3 Å². The lowest BCUT2D eigenvalue weighted by molar-refractivity contribution is 0.0696. The molecule has 1 amide bonds. The van der Waals surface area contributed by atoms with E-state index in [0.717, 1.165) is 5.56 Å². The van der Waals surface area contributed by atoms with Gasteiger partial charge in [-0.15, -0.1) is 0 Å². The van der Waals surface area contributed by atoms with E-state index in [0.29, 0.717) is 13.0 Å². The first-order valence-corrected chi connectivity index (χ1v) is 7.10. The molecule has 0 saturated carbocycles. The van der Waals surface area contributed by atoms with E-state index in [4.69, 9.17) is 14.6 Å². The molecule has 0 radical (unpaired) electrons. The average Bonchev–Trinajstić information content (AvgIpc) is 2.61. The summed E-state index contributed by atoms with van der Waals surface area (Å²) in [5, 5.41) is 11.6. The standard InChI is InChI=1S/C16H17N3O5/c1-23-14-12(15(24-2)19-9-18-14)13(20)17-8-7-10-3-5-11(6-4-10)16(21)22/h3-6,9H,7-8H2,1-2H3,(H,17,20)(H,21,22). The van der Waals surface area contributed by atoms with Gasteiger partial charge in [0.05, 0.1) is 19.8 Å². The molecule has 0 fully saturated rings. The van der Waals surface area contributed by atoms with E-state index in [1.807, 2.05) is 0 Å². The number of nitrogens with one attached hydrogen (secondary N) is 1. The second-order valence-corrected chi connectivity index (χ2v) is 4.78. The third-order valence-electron chi connectivity index (χ3n) is 3.29. The predicted octanol–water partition coefficient (Wildman–Crippen LogP) is 1.16. The van der Waals surface area contributed by atoms with Crippen molar-refractivity contribution < 1.29 is 24.2 Å². The van der Waals surface area contributed by atoms with E-state index in [9.17, 15) is 9.59 Å². The van der Waals surface area contributed by atoms with E-state index >= 15 is 0 Å². The van der Waals surface area contributed by atoms with Crippen LogP contribution in [0, 0.1) is 0 Å². The number of carboxylic acid groups (broad SMARTS) is 1. The molecule has 0 aliphatic rings. The number of hydrogen-bond acceptors (Lipinski definition) is 6. The van der Waals surface area contributed by atoms with Gasteiger partial charge in [0.1, 0.15) is 6.33 Å². The summed E-state index contributed by atoms with van der Waals surface area (Å²) in [6.07, 6.45) is 1.79. The molecule has 1 aromatic heterocycles. The highest BCUT2D eigenvalue weighted by molar-refractivity contribution is 5.98. The summed E-state index contributed by atoms with van der Waals surface area (Å²) in [7, 11) is 2.81. The Morgan fingerprint density at radius 2 is 1.67 bits per heavy atom. The Morgan fingerprint density at radius 1 is 1.08 bits per heavy atom. The number of amides is 1. The number of ether oxygens (including phenoxy) is 2. The number of benzene rings is 1. The Labute approximate surface area is 138 Å². The Bertz CT molecular complexity index is 709. The van der Waals surface area contributed by atoms with Gasteiger partial charge in [-0.3, -0.25) is 4.79 Å². The lowest BCUT2D eigenvalue weighted by Crippen LogP contribution is -2.27. The monoisotopic (exact) mass is 331 g/mol. The smallest absolute Gasteiger partial charge is 0.335 e. The Hall–Kier alpha value is -3.16. The summed E-state index contributed by atoms with van der Waals surface area (Å²) in [5.74, 6) is -1.13. The summed E-state index contributed by atoms with van der Waals surface area (Å²) in [5.41, 5.74) is 1.26. The molecule has 2 aromatic rings. The molecule has 0 bridgehead atoms. The van der Waals surface area contributed by atoms with Crippen molar-refractivity contribution in [3.63, 3.8) is 0 Å². The van der Waals surface area contributed by atoms with E-state index in [1.54, 1.807) is 12.1 Å². The summed E-state index contributed by atoms with van der Waals surface area (Å²) >= 11 is 0. The first kappa shape index (κ1) is 17.2. The number of carboxylic acids is 1. The maximum atomic E-state index is 12.3. The van der Waals surface area contributed by atoms with Gasteiger partial charge in [0.25, 0.3) is 5.91 Å². The van der Waals surface area contributed by atoms with Gasteiger partial charge in [-0.25, -0.2) is 14.8 Å². The molecule has 0 aliphatic heterocycles. The zero-order valence-corrected chi connectivity index (χ0v) is 13.3. The normalized spacial score (nSPS) is 10.1. The summed E-state index contributed by atoms with van der Waals surface area (Å²) in [6.45, 7) is 0.354. The highest BCUT2D eigenvalue weighted by Gasteiger charge is 2.20. The fourth-order valence-electron chi connectivity index (χ4n) is 2.08. The zero-order chi connectivity index (χ0) is 17.5. The zero-order valence-electron chi connectivity index (χ0n) is 13.3. The van der Waals surface area contributed by atoms with Crippen LogP contribution in [0.4, 0.5) is 0 Å². The van der Waals surface area contributed by atoms with Gasteiger partial charge in [0, 0.05) is 6.54 Å². The number of hydrogen-bond donors (Lipinski definition) is 2. The van der Waals surface area contributed by atoms with Crippen LogP contribution < -0.4 is 14.8 Å². The topological polar surface area (TPSA) is 111 Å². The van der Waals surface area contributed by atoms with Crippen LogP contribution in [-0.2, 0) is 6.42 Å². The summed E-state index contributed by atoms with van der Waals surface area (Å²) in [6, 6.07) is 6.47. The van der Waals surface area contributed by atoms with Gasteiger partial charge >= 0.3 is 5.97 Å².